The van der Waals surface area contributed by atoms with Gasteiger partial charge in [0.15, 0.2) is 5.11 Å². The van der Waals surface area contributed by atoms with E-state index in [1.807, 2.05) is 67.3 Å². The van der Waals surface area contributed by atoms with Crippen LogP contribution in [0.15, 0.2) is 58.8 Å². The Bertz CT molecular complexity index is 1090. The number of aryl methyl sites for hydroxylation is 1. The molecule has 0 aliphatic carbocycles. The zero-order chi connectivity index (χ0) is 20.5. The predicted molar refractivity (Wildman–Crippen MR) is 119 cm³/mol. The third kappa shape index (κ3) is 3.78. The second kappa shape index (κ2) is 7.97. The highest BCUT2D eigenvalue weighted by Crippen LogP contribution is 2.37. The normalized spacial score (nSPS) is 16.9. The molecule has 148 valence electrons. The van der Waals surface area contributed by atoms with Crippen LogP contribution < -0.4 is 5.32 Å². The molecule has 0 radical (unpaired) electrons. The molecule has 0 bridgehead atoms. The fourth-order valence-corrected chi connectivity index (χ4v) is 4.11. The number of aromatic nitrogens is 2. The summed E-state index contributed by atoms with van der Waals surface area (Å²) in [5.41, 5.74) is 4.96. The van der Waals surface area contributed by atoms with Crippen LogP contribution in [0, 0.1) is 6.92 Å². The van der Waals surface area contributed by atoms with Gasteiger partial charge in [-0.05, 0) is 50.7 Å². The van der Waals surface area contributed by atoms with Gasteiger partial charge in [0.2, 0.25) is 5.82 Å². The highest BCUT2D eigenvalue weighted by atomic mass is 35.5. The minimum atomic E-state index is -0.227. The topological polar surface area (TPSA) is 54.2 Å². The molecule has 0 saturated heterocycles. The minimum absolute atomic E-state index is 0.227. The number of benzene rings is 2. The van der Waals surface area contributed by atoms with Gasteiger partial charge in [-0.25, -0.2) is 0 Å². The number of thiocarbonyl (C=S) groups is 1. The maximum Gasteiger partial charge on any atom is 0.258 e. The van der Waals surface area contributed by atoms with Crippen molar-refractivity contribution in [2.45, 2.75) is 26.8 Å². The molecule has 5 nitrogen and oxygen atoms in total. The standard InChI is InChI=1S/C22H21ClN4OS/c1-4-27-14(3)18(19(24-22(27)29)16-6-5-7-17(23)12-16)21-25-20(26-28-21)15-10-8-13(2)9-11-15/h5-12,19H,4H2,1-3H3,(H,24,29). The second-order valence-electron chi connectivity index (χ2n) is 6.97. The quantitative estimate of drug-likeness (QED) is 0.567. The molecule has 0 spiro atoms. The number of halogens is 1. The number of hydrogen-bond acceptors (Lipinski definition) is 4. The number of allylic oxidation sites excluding steroid dienone is 1. The van der Waals surface area contributed by atoms with E-state index < -0.39 is 0 Å². The summed E-state index contributed by atoms with van der Waals surface area (Å²) in [6.07, 6.45) is 0. The Balaban J connectivity index is 1.81. The molecule has 1 N–H and O–H groups in total. The van der Waals surface area contributed by atoms with E-state index in [-0.39, 0.29) is 6.04 Å². The fourth-order valence-electron chi connectivity index (χ4n) is 3.53. The van der Waals surface area contributed by atoms with Gasteiger partial charge < -0.3 is 14.7 Å². The third-order valence-corrected chi connectivity index (χ3v) is 5.63. The molecule has 1 aliphatic rings. The van der Waals surface area contributed by atoms with Crippen molar-refractivity contribution in [1.29, 1.82) is 0 Å². The molecular formula is C22H21ClN4OS. The van der Waals surface area contributed by atoms with Gasteiger partial charge in [0.25, 0.3) is 5.89 Å². The summed E-state index contributed by atoms with van der Waals surface area (Å²) in [6, 6.07) is 15.5. The summed E-state index contributed by atoms with van der Waals surface area (Å²) in [4.78, 5) is 6.73. The third-order valence-electron chi connectivity index (χ3n) is 5.06. The zero-order valence-electron chi connectivity index (χ0n) is 16.4. The Hall–Kier alpha value is -2.70. The fraction of sp³-hybridized carbons (Fsp3) is 0.227. The predicted octanol–water partition coefficient (Wildman–Crippen LogP) is 5.38. The van der Waals surface area contributed by atoms with Gasteiger partial charge in [-0.3, -0.25) is 0 Å². The molecule has 0 amide bonds. The summed E-state index contributed by atoms with van der Waals surface area (Å²) in [5, 5.41) is 8.95. The molecule has 0 fully saturated rings. The first-order valence-corrected chi connectivity index (χ1v) is 10.2. The monoisotopic (exact) mass is 424 g/mol. The molecular weight excluding hydrogens is 404 g/mol. The smallest absolute Gasteiger partial charge is 0.258 e. The average molecular weight is 425 g/mol. The number of nitrogens with zero attached hydrogens (tertiary/aromatic N) is 3. The molecule has 0 saturated carbocycles. The lowest BCUT2D eigenvalue weighted by Gasteiger charge is -2.36. The van der Waals surface area contributed by atoms with E-state index in [0.717, 1.165) is 28.9 Å². The van der Waals surface area contributed by atoms with Crippen molar-refractivity contribution in [3.63, 3.8) is 0 Å². The van der Waals surface area contributed by atoms with Crippen LogP contribution >= 0.6 is 23.8 Å². The number of hydrogen-bond donors (Lipinski definition) is 1. The van der Waals surface area contributed by atoms with Gasteiger partial charge in [-0.2, -0.15) is 4.98 Å². The Morgan fingerprint density at radius 1 is 1.17 bits per heavy atom. The lowest BCUT2D eigenvalue weighted by molar-refractivity contribution is 0.398. The van der Waals surface area contributed by atoms with E-state index >= 15 is 0 Å². The van der Waals surface area contributed by atoms with Crippen molar-refractivity contribution in [3.8, 4) is 11.4 Å². The maximum atomic E-state index is 6.24. The van der Waals surface area contributed by atoms with E-state index in [2.05, 4.69) is 17.4 Å². The molecule has 2 heterocycles. The van der Waals surface area contributed by atoms with Crippen LogP contribution in [-0.4, -0.2) is 26.7 Å². The van der Waals surface area contributed by atoms with E-state index in [4.69, 9.17) is 33.3 Å². The Labute approximate surface area is 180 Å². The largest absolute Gasteiger partial charge is 0.351 e. The van der Waals surface area contributed by atoms with Crippen LogP contribution in [0.1, 0.15) is 36.9 Å². The first-order chi connectivity index (χ1) is 14.0. The zero-order valence-corrected chi connectivity index (χ0v) is 18.0. The molecule has 2 aromatic carbocycles. The second-order valence-corrected chi connectivity index (χ2v) is 7.79. The highest BCUT2D eigenvalue weighted by molar-refractivity contribution is 7.80. The molecule has 4 rings (SSSR count). The summed E-state index contributed by atoms with van der Waals surface area (Å²) in [6.45, 7) is 6.87. The van der Waals surface area contributed by atoms with Crippen molar-refractivity contribution in [3.05, 3.63) is 76.3 Å². The van der Waals surface area contributed by atoms with Crippen molar-refractivity contribution >= 4 is 34.5 Å². The molecule has 7 heteroatoms. The Morgan fingerprint density at radius 3 is 2.62 bits per heavy atom. The molecule has 29 heavy (non-hydrogen) atoms. The average Bonchev–Trinajstić information content (AvgIpc) is 3.18. The van der Waals surface area contributed by atoms with Crippen LogP contribution in [0.3, 0.4) is 0 Å². The van der Waals surface area contributed by atoms with Crippen molar-refractivity contribution in [2.75, 3.05) is 6.54 Å². The van der Waals surface area contributed by atoms with Crippen LogP contribution in [0.5, 0.6) is 0 Å². The summed E-state index contributed by atoms with van der Waals surface area (Å²) < 4.78 is 5.71. The minimum Gasteiger partial charge on any atom is -0.351 e. The lowest BCUT2D eigenvalue weighted by Crippen LogP contribution is -2.45. The summed E-state index contributed by atoms with van der Waals surface area (Å²) in [7, 11) is 0. The van der Waals surface area contributed by atoms with Crippen LogP contribution in [-0.2, 0) is 0 Å². The van der Waals surface area contributed by atoms with Gasteiger partial charge in [-0.1, -0.05) is 58.7 Å². The Kier molecular flexibility index (Phi) is 5.39. The molecule has 1 aliphatic heterocycles. The lowest BCUT2D eigenvalue weighted by atomic mass is 9.95. The molecule has 1 aromatic heterocycles. The SMILES string of the molecule is CCN1C(=S)NC(c2cccc(Cl)c2)C(c2nc(-c3ccc(C)cc3)no2)=C1C. The maximum absolute atomic E-state index is 6.24. The molecule has 1 unspecified atom stereocenters. The van der Waals surface area contributed by atoms with Crippen molar-refractivity contribution < 1.29 is 4.52 Å². The van der Waals surface area contributed by atoms with E-state index in [9.17, 15) is 0 Å². The Morgan fingerprint density at radius 2 is 1.93 bits per heavy atom. The van der Waals surface area contributed by atoms with Crippen LogP contribution in [0.4, 0.5) is 0 Å². The first-order valence-electron chi connectivity index (χ1n) is 9.43. The highest BCUT2D eigenvalue weighted by Gasteiger charge is 2.33. The van der Waals surface area contributed by atoms with Crippen molar-refractivity contribution in [2.24, 2.45) is 0 Å². The molecule has 1 atom stereocenters. The van der Waals surface area contributed by atoms with Gasteiger partial charge >= 0.3 is 0 Å². The van der Waals surface area contributed by atoms with Gasteiger partial charge in [0.1, 0.15) is 0 Å². The van der Waals surface area contributed by atoms with E-state index in [1.165, 1.54) is 5.56 Å². The summed E-state index contributed by atoms with van der Waals surface area (Å²) >= 11 is 11.8. The van der Waals surface area contributed by atoms with E-state index in [1.54, 1.807) is 0 Å². The van der Waals surface area contributed by atoms with Gasteiger partial charge in [0, 0.05) is 22.8 Å². The number of rotatable bonds is 4. The van der Waals surface area contributed by atoms with E-state index in [0.29, 0.717) is 21.9 Å². The van der Waals surface area contributed by atoms with Crippen molar-refractivity contribution in [1.82, 2.24) is 20.4 Å². The van der Waals surface area contributed by atoms with Gasteiger partial charge in [0.05, 0.1) is 11.6 Å². The van der Waals surface area contributed by atoms with Crippen LogP contribution in [0.2, 0.25) is 5.02 Å². The van der Waals surface area contributed by atoms with Crippen LogP contribution in [0.25, 0.3) is 17.0 Å². The number of nitrogens with one attached hydrogen (secondary N) is 1. The van der Waals surface area contributed by atoms with Gasteiger partial charge in [-0.15, -0.1) is 0 Å². The first kappa shape index (κ1) is 19.6. The summed E-state index contributed by atoms with van der Waals surface area (Å²) in [5.74, 6) is 1.03. The molecule has 3 aromatic rings.